The number of esters is 2. The van der Waals surface area contributed by atoms with Gasteiger partial charge in [0.2, 0.25) is 0 Å². The maximum absolute atomic E-state index is 12.3. The molecule has 0 bridgehead atoms. The number of aromatic nitrogens is 2. The molecule has 2 unspecified atom stereocenters. The summed E-state index contributed by atoms with van der Waals surface area (Å²) in [5, 5.41) is 4.20. The molecule has 1 aromatic heterocycles. The summed E-state index contributed by atoms with van der Waals surface area (Å²) < 4.78 is 10.2. The summed E-state index contributed by atoms with van der Waals surface area (Å²) in [7, 11) is 1.41. The highest BCUT2D eigenvalue weighted by Gasteiger charge is 2.45. The number of benzene rings is 1. The number of fused-ring (bicyclic) bond motifs is 1. The van der Waals surface area contributed by atoms with Gasteiger partial charge in [-0.25, -0.2) is 14.8 Å². The zero-order chi connectivity index (χ0) is 24.9. The van der Waals surface area contributed by atoms with Crippen molar-refractivity contribution in [3.05, 3.63) is 30.1 Å². The molecular weight excluding hydrogens is 446 g/mol. The maximum atomic E-state index is 12.3. The summed E-state index contributed by atoms with van der Waals surface area (Å²) >= 11 is 0. The van der Waals surface area contributed by atoms with E-state index in [0.717, 1.165) is 55.9 Å². The summed E-state index contributed by atoms with van der Waals surface area (Å²) in [4.78, 5) is 38.7. The van der Waals surface area contributed by atoms with Crippen molar-refractivity contribution >= 4 is 28.7 Å². The molecule has 2 fully saturated rings. The molecule has 1 saturated heterocycles. The normalized spacial score (nSPS) is 21.6. The number of hydrogen-bond acceptors (Lipinski definition) is 9. The van der Waals surface area contributed by atoms with Crippen LogP contribution in [0.2, 0.25) is 0 Å². The van der Waals surface area contributed by atoms with Crippen LogP contribution in [-0.2, 0) is 25.6 Å². The van der Waals surface area contributed by atoms with Gasteiger partial charge in [-0.05, 0) is 37.3 Å². The Bertz CT molecular complexity index is 1040. The lowest BCUT2D eigenvalue weighted by atomic mass is 10.0. The largest absolute Gasteiger partial charge is 0.467 e. The van der Waals surface area contributed by atoms with Gasteiger partial charge in [0.1, 0.15) is 17.7 Å². The number of rotatable bonds is 10. The van der Waals surface area contributed by atoms with Gasteiger partial charge in [0.15, 0.2) is 0 Å². The lowest BCUT2D eigenvalue weighted by molar-refractivity contribution is -0.145. The third-order valence-electron chi connectivity index (χ3n) is 6.90. The third kappa shape index (κ3) is 6.27. The van der Waals surface area contributed by atoms with E-state index >= 15 is 0 Å². The van der Waals surface area contributed by atoms with Gasteiger partial charge in [-0.15, -0.1) is 0 Å². The van der Waals surface area contributed by atoms with Crippen molar-refractivity contribution in [2.24, 2.45) is 17.8 Å². The molecule has 3 atom stereocenters. The van der Waals surface area contributed by atoms with E-state index in [-0.39, 0.29) is 23.8 Å². The molecule has 4 rings (SSSR count). The Kier molecular flexibility index (Phi) is 8.18. The monoisotopic (exact) mass is 483 g/mol. The summed E-state index contributed by atoms with van der Waals surface area (Å²) in [5.74, 6) is 1.61. The van der Waals surface area contributed by atoms with Gasteiger partial charge in [-0.1, -0.05) is 26.0 Å². The molecular formula is C26H37N5O4. The third-order valence-corrected chi connectivity index (χ3v) is 6.90. The average molecular weight is 484 g/mol. The number of nitrogens with one attached hydrogen (secondary N) is 1. The van der Waals surface area contributed by atoms with Gasteiger partial charge >= 0.3 is 11.9 Å². The number of para-hydroxylation sites is 1. The van der Waals surface area contributed by atoms with Crippen LogP contribution in [0, 0.1) is 17.8 Å². The number of piperazine rings is 1. The fourth-order valence-electron chi connectivity index (χ4n) is 4.73. The standard InChI is InChI=1S/C26H37N5O4/c1-5-35-25(32)20-14-18(20)15-30-10-12-31(13-11-30)16-22-27-21-9-7-6-8-19(21)24(28-22)29-23(17(2)3)26(33)34-4/h6-9,17-18,20,23H,5,10-16H2,1-4H3,(H,27,28,29)/t18?,20?,23-/m0/s1. The van der Waals surface area contributed by atoms with Crippen molar-refractivity contribution in [3.63, 3.8) is 0 Å². The number of hydrogen-bond donors (Lipinski definition) is 1. The van der Waals surface area contributed by atoms with E-state index < -0.39 is 6.04 Å². The van der Waals surface area contributed by atoms with Crippen molar-refractivity contribution in [2.75, 3.05) is 51.8 Å². The van der Waals surface area contributed by atoms with Crippen molar-refractivity contribution in [1.82, 2.24) is 19.8 Å². The molecule has 0 spiro atoms. The lowest BCUT2D eigenvalue weighted by Gasteiger charge is -2.34. The van der Waals surface area contributed by atoms with E-state index in [4.69, 9.17) is 19.4 Å². The minimum absolute atomic E-state index is 0.0408. The molecule has 0 amide bonds. The number of nitrogens with zero attached hydrogens (tertiary/aromatic N) is 4. The first-order valence-corrected chi connectivity index (χ1v) is 12.6. The fraction of sp³-hybridized carbons (Fsp3) is 0.615. The molecule has 9 nitrogen and oxygen atoms in total. The highest BCUT2D eigenvalue weighted by molar-refractivity contribution is 5.91. The molecule has 9 heteroatoms. The smallest absolute Gasteiger partial charge is 0.328 e. The van der Waals surface area contributed by atoms with Crippen LogP contribution in [0.3, 0.4) is 0 Å². The SMILES string of the molecule is CCOC(=O)C1CC1CN1CCN(Cc2nc(N[C@H](C(=O)OC)C(C)C)c3ccccc3n2)CC1. The molecule has 1 N–H and O–H groups in total. The number of carbonyl (C=O) groups excluding carboxylic acids is 2. The maximum Gasteiger partial charge on any atom is 0.328 e. The molecule has 1 aliphatic carbocycles. The predicted molar refractivity (Wildman–Crippen MR) is 134 cm³/mol. The average Bonchev–Trinajstić information content (AvgIpc) is 3.62. The minimum atomic E-state index is -0.490. The molecule has 35 heavy (non-hydrogen) atoms. The topological polar surface area (TPSA) is 96.9 Å². The number of methoxy groups -OCH3 is 1. The first kappa shape index (κ1) is 25.3. The second-order valence-electron chi connectivity index (χ2n) is 9.83. The molecule has 1 saturated carbocycles. The van der Waals surface area contributed by atoms with Crippen molar-refractivity contribution in [1.29, 1.82) is 0 Å². The van der Waals surface area contributed by atoms with Crippen LogP contribution in [0.25, 0.3) is 10.9 Å². The van der Waals surface area contributed by atoms with Crippen LogP contribution >= 0.6 is 0 Å². The lowest BCUT2D eigenvalue weighted by Crippen LogP contribution is -2.46. The Morgan fingerprint density at radius 1 is 1.11 bits per heavy atom. The second kappa shape index (κ2) is 11.3. The second-order valence-corrected chi connectivity index (χ2v) is 9.83. The van der Waals surface area contributed by atoms with Crippen LogP contribution < -0.4 is 5.32 Å². The van der Waals surface area contributed by atoms with Crippen LogP contribution in [-0.4, -0.2) is 84.2 Å². The Hall–Kier alpha value is -2.78. The van der Waals surface area contributed by atoms with E-state index in [1.54, 1.807) is 0 Å². The molecule has 1 aromatic carbocycles. The molecule has 2 heterocycles. The van der Waals surface area contributed by atoms with Crippen LogP contribution in [0.1, 0.15) is 33.0 Å². The number of ether oxygens (including phenoxy) is 2. The van der Waals surface area contributed by atoms with Gasteiger partial charge < -0.3 is 19.7 Å². The van der Waals surface area contributed by atoms with Crippen molar-refractivity contribution in [2.45, 2.75) is 39.8 Å². The van der Waals surface area contributed by atoms with Gasteiger partial charge in [-0.3, -0.25) is 9.69 Å². The summed E-state index contributed by atoms with van der Waals surface area (Å²) in [6, 6.07) is 7.36. The molecule has 2 aromatic rings. The van der Waals surface area contributed by atoms with Crippen molar-refractivity contribution < 1.29 is 19.1 Å². The van der Waals surface area contributed by atoms with E-state index in [0.29, 0.717) is 24.9 Å². The predicted octanol–water partition coefficient (Wildman–Crippen LogP) is 2.56. The molecule has 0 radical (unpaired) electrons. The fourth-order valence-corrected chi connectivity index (χ4v) is 4.73. The van der Waals surface area contributed by atoms with E-state index in [1.807, 2.05) is 45.0 Å². The van der Waals surface area contributed by atoms with E-state index in [9.17, 15) is 9.59 Å². The van der Waals surface area contributed by atoms with Crippen LogP contribution in [0.4, 0.5) is 5.82 Å². The van der Waals surface area contributed by atoms with Gasteiger partial charge in [0.25, 0.3) is 0 Å². The Labute approximate surface area is 207 Å². The van der Waals surface area contributed by atoms with Gasteiger partial charge in [0.05, 0.1) is 31.7 Å². The van der Waals surface area contributed by atoms with Gasteiger partial charge in [-0.2, -0.15) is 0 Å². The van der Waals surface area contributed by atoms with Crippen LogP contribution in [0.5, 0.6) is 0 Å². The zero-order valence-corrected chi connectivity index (χ0v) is 21.2. The summed E-state index contributed by atoms with van der Waals surface area (Å²) in [6.07, 6.45) is 0.947. The van der Waals surface area contributed by atoms with Gasteiger partial charge in [0, 0.05) is 38.1 Å². The Morgan fingerprint density at radius 2 is 1.83 bits per heavy atom. The molecule has 2 aliphatic rings. The quantitative estimate of drug-likeness (QED) is 0.511. The Balaban J connectivity index is 1.38. The summed E-state index contributed by atoms with van der Waals surface area (Å²) in [6.45, 7) is 11.6. The molecule has 1 aliphatic heterocycles. The highest BCUT2D eigenvalue weighted by Crippen LogP contribution is 2.40. The summed E-state index contributed by atoms with van der Waals surface area (Å²) in [5.41, 5.74) is 0.852. The first-order valence-electron chi connectivity index (χ1n) is 12.6. The molecule has 190 valence electrons. The number of anilines is 1. The minimum Gasteiger partial charge on any atom is -0.467 e. The number of carbonyl (C=O) groups is 2. The Morgan fingerprint density at radius 3 is 2.51 bits per heavy atom. The van der Waals surface area contributed by atoms with Crippen LogP contribution in [0.15, 0.2) is 24.3 Å². The van der Waals surface area contributed by atoms with E-state index in [2.05, 4.69) is 15.1 Å². The highest BCUT2D eigenvalue weighted by atomic mass is 16.5. The first-order chi connectivity index (χ1) is 16.9. The zero-order valence-electron chi connectivity index (χ0n) is 21.2. The van der Waals surface area contributed by atoms with E-state index in [1.165, 1.54) is 7.11 Å². The van der Waals surface area contributed by atoms with Crippen molar-refractivity contribution in [3.8, 4) is 0 Å².